The smallest absolute Gasteiger partial charge is 0.314 e. The zero-order valence-electron chi connectivity index (χ0n) is 18.7. The van der Waals surface area contributed by atoms with E-state index < -0.39 is 0 Å². The highest BCUT2D eigenvalue weighted by Crippen LogP contribution is 2.29. The van der Waals surface area contributed by atoms with Crippen LogP contribution in [-0.2, 0) is 9.59 Å². The molecule has 0 saturated carbocycles. The molecule has 0 spiro atoms. The average Bonchev–Trinajstić information content (AvgIpc) is 2.71. The number of esters is 2. The summed E-state index contributed by atoms with van der Waals surface area (Å²) in [7, 11) is 0. The highest BCUT2D eigenvalue weighted by atomic mass is 16.6. The SMILES string of the molecule is CCCCCCCC(CCC)C(=O)Oc1ccccc1OC(=O)CCCCCC. The van der Waals surface area contributed by atoms with E-state index in [1.807, 2.05) is 0 Å². The number of carbonyl (C=O) groups is 2. The van der Waals surface area contributed by atoms with Gasteiger partial charge >= 0.3 is 11.9 Å². The van der Waals surface area contributed by atoms with E-state index in [4.69, 9.17) is 9.47 Å². The Morgan fingerprint density at radius 1 is 0.724 bits per heavy atom. The van der Waals surface area contributed by atoms with Crippen LogP contribution >= 0.6 is 0 Å². The monoisotopic (exact) mass is 404 g/mol. The van der Waals surface area contributed by atoms with E-state index in [1.165, 1.54) is 19.3 Å². The summed E-state index contributed by atoms with van der Waals surface area (Å²) in [5.41, 5.74) is 0. The Hall–Kier alpha value is -1.84. The third-order valence-corrected chi connectivity index (χ3v) is 5.14. The lowest BCUT2D eigenvalue weighted by Crippen LogP contribution is -2.21. The number of rotatable bonds is 16. The van der Waals surface area contributed by atoms with Gasteiger partial charge in [0.15, 0.2) is 11.5 Å². The Kier molecular flexibility index (Phi) is 13.9. The van der Waals surface area contributed by atoms with Gasteiger partial charge in [-0.15, -0.1) is 0 Å². The second-order valence-electron chi connectivity index (χ2n) is 7.84. The number of hydrogen-bond donors (Lipinski definition) is 0. The van der Waals surface area contributed by atoms with Gasteiger partial charge < -0.3 is 9.47 Å². The average molecular weight is 405 g/mol. The molecule has 4 nitrogen and oxygen atoms in total. The lowest BCUT2D eigenvalue weighted by molar-refractivity contribution is -0.140. The van der Waals surface area contributed by atoms with Crippen LogP contribution in [0.3, 0.4) is 0 Å². The predicted octanol–water partition coefficient (Wildman–Crippen LogP) is 7.24. The standard InChI is InChI=1S/C25H40O4/c1-4-7-9-11-12-17-21(16-6-3)25(27)29-23-19-15-14-18-22(23)28-24(26)20-13-10-8-5-2/h14-15,18-19,21H,4-13,16-17,20H2,1-3H3. The van der Waals surface area contributed by atoms with Crippen molar-refractivity contribution in [3.05, 3.63) is 24.3 Å². The van der Waals surface area contributed by atoms with Crippen LogP contribution in [0.5, 0.6) is 11.5 Å². The van der Waals surface area contributed by atoms with Gasteiger partial charge in [0, 0.05) is 6.42 Å². The molecule has 0 N–H and O–H groups in total. The van der Waals surface area contributed by atoms with E-state index in [9.17, 15) is 9.59 Å². The Bertz CT molecular complexity index is 582. The van der Waals surface area contributed by atoms with Crippen molar-refractivity contribution >= 4 is 11.9 Å². The fourth-order valence-electron chi connectivity index (χ4n) is 3.40. The quantitative estimate of drug-likeness (QED) is 0.165. The number of benzene rings is 1. The summed E-state index contributed by atoms with van der Waals surface area (Å²) >= 11 is 0. The Morgan fingerprint density at radius 2 is 1.31 bits per heavy atom. The summed E-state index contributed by atoms with van der Waals surface area (Å²) < 4.78 is 11.1. The summed E-state index contributed by atoms with van der Waals surface area (Å²) in [6.45, 7) is 6.43. The molecule has 1 rings (SSSR count). The van der Waals surface area contributed by atoms with Gasteiger partial charge in [-0.3, -0.25) is 9.59 Å². The predicted molar refractivity (Wildman–Crippen MR) is 118 cm³/mol. The highest BCUT2D eigenvalue weighted by Gasteiger charge is 2.21. The minimum Gasteiger partial charge on any atom is -0.423 e. The summed E-state index contributed by atoms with van der Waals surface area (Å²) in [5.74, 6) is 0.0879. The second-order valence-corrected chi connectivity index (χ2v) is 7.84. The topological polar surface area (TPSA) is 52.6 Å². The summed E-state index contributed by atoms with van der Waals surface area (Å²) in [4.78, 5) is 24.9. The fraction of sp³-hybridized carbons (Fsp3) is 0.680. The molecule has 4 heteroatoms. The van der Waals surface area contributed by atoms with Crippen LogP contribution < -0.4 is 9.47 Å². The summed E-state index contributed by atoms with van der Waals surface area (Å²) in [6.07, 6.45) is 13.0. The van der Waals surface area contributed by atoms with E-state index in [-0.39, 0.29) is 17.9 Å². The minimum atomic E-state index is -0.273. The van der Waals surface area contributed by atoms with E-state index in [2.05, 4.69) is 20.8 Å². The molecule has 0 aliphatic rings. The van der Waals surface area contributed by atoms with Gasteiger partial charge in [-0.1, -0.05) is 90.7 Å². The van der Waals surface area contributed by atoms with Gasteiger partial charge in [-0.2, -0.15) is 0 Å². The molecule has 0 aromatic heterocycles. The van der Waals surface area contributed by atoms with E-state index in [0.717, 1.165) is 57.8 Å². The van der Waals surface area contributed by atoms with Crippen molar-refractivity contribution in [2.24, 2.45) is 5.92 Å². The second kappa shape index (κ2) is 16.0. The molecule has 0 aliphatic carbocycles. The molecule has 0 fully saturated rings. The third-order valence-electron chi connectivity index (χ3n) is 5.14. The molecule has 1 aromatic rings. The van der Waals surface area contributed by atoms with Crippen molar-refractivity contribution < 1.29 is 19.1 Å². The number of hydrogen-bond acceptors (Lipinski definition) is 4. The first-order valence-electron chi connectivity index (χ1n) is 11.6. The van der Waals surface area contributed by atoms with Gasteiger partial charge in [0.25, 0.3) is 0 Å². The molecule has 0 aliphatic heterocycles. The lowest BCUT2D eigenvalue weighted by Gasteiger charge is -2.16. The zero-order chi connectivity index (χ0) is 21.3. The lowest BCUT2D eigenvalue weighted by atomic mass is 9.96. The number of carbonyl (C=O) groups excluding carboxylic acids is 2. The maximum Gasteiger partial charge on any atom is 0.314 e. The van der Waals surface area contributed by atoms with Crippen LogP contribution in [0.15, 0.2) is 24.3 Å². The highest BCUT2D eigenvalue weighted by molar-refractivity contribution is 5.77. The minimum absolute atomic E-state index is 0.0978. The normalized spacial score (nSPS) is 11.8. The fourth-order valence-corrected chi connectivity index (χ4v) is 3.40. The third kappa shape index (κ3) is 11.1. The van der Waals surface area contributed by atoms with Crippen molar-refractivity contribution in [1.82, 2.24) is 0 Å². The largest absolute Gasteiger partial charge is 0.423 e. The van der Waals surface area contributed by atoms with Gasteiger partial charge in [0.2, 0.25) is 0 Å². The molecule has 0 radical (unpaired) electrons. The van der Waals surface area contributed by atoms with Crippen LogP contribution in [0.1, 0.15) is 104 Å². The van der Waals surface area contributed by atoms with Crippen molar-refractivity contribution in [1.29, 1.82) is 0 Å². The van der Waals surface area contributed by atoms with Crippen LogP contribution in [0.25, 0.3) is 0 Å². The Labute approximate surface area is 177 Å². The molecule has 0 heterocycles. The maximum absolute atomic E-state index is 12.7. The molecule has 29 heavy (non-hydrogen) atoms. The van der Waals surface area contributed by atoms with Crippen LogP contribution in [0, 0.1) is 5.92 Å². The zero-order valence-corrected chi connectivity index (χ0v) is 18.7. The molecule has 1 aromatic carbocycles. The van der Waals surface area contributed by atoms with E-state index in [0.29, 0.717) is 17.9 Å². The van der Waals surface area contributed by atoms with Crippen LogP contribution in [-0.4, -0.2) is 11.9 Å². The van der Waals surface area contributed by atoms with Crippen LogP contribution in [0.2, 0.25) is 0 Å². The van der Waals surface area contributed by atoms with Crippen molar-refractivity contribution in [3.63, 3.8) is 0 Å². The molecule has 1 atom stereocenters. The maximum atomic E-state index is 12.7. The van der Waals surface area contributed by atoms with Gasteiger partial charge in [0.05, 0.1) is 5.92 Å². The van der Waals surface area contributed by atoms with Gasteiger partial charge in [0.1, 0.15) is 0 Å². The first-order chi connectivity index (χ1) is 14.1. The summed E-state index contributed by atoms with van der Waals surface area (Å²) in [5, 5.41) is 0. The van der Waals surface area contributed by atoms with Gasteiger partial charge in [-0.25, -0.2) is 0 Å². The molecular formula is C25H40O4. The first kappa shape index (κ1) is 25.2. The first-order valence-corrected chi connectivity index (χ1v) is 11.6. The molecule has 0 bridgehead atoms. The van der Waals surface area contributed by atoms with E-state index in [1.54, 1.807) is 24.3 Å². The number of para-hydroxylation sites is 2. The number of ether oxygens (including phenoxy) is 2. The van der Waals surface area contributed by atoms with Crippen LogP contribution in [0.4, 0.5) is 0 Å². The summed E-state index contributed by atoms with van der Waals surface area (Å²) in [6, 6.07) is 6.96. The molecule has 164 valence electrons. The Morgan fingerprint density at radius 3 is 1.93 bits per heavy atom. The van der Waals surface area contributed by atoms with E-state index >= 15 is 0 Å². The van der Waals surface area contributed by atoms with Crippen molar-refractivity contribution in [3.8, 4) is 11.5 Å². The molecule has 0 saturated heterocycles. The molecule has 1 unspecified atom stereocenters. The molecule has 0 amide bonds. The van der Waals surface area contributed by atoms with Crippen molar-refractivity contribution in [2.75, 3.05) is 0 Å². The Balaban J connectivity index is 2.60. The number of unbranched alkanes of at least 4 members (excludes halogenated alkanes) is 7. The molecular weight excluding hydrogens is 364 g/mol. The van der Waals surface area contributed by atoms with Gasteiger partial charge in [-0.05, 0) is 31.4 Å². The van der Waals surface area contributed by atoms with Crippen molar-refractivity contribution in [2.45, 2.75) is 104 Å².